The Morgan fingerprint density at radius 2 is 1.57 bits per heavy atom. The number of ether oxygens (including phenoxy) is 1. The van der Waals surface area contributed by atoms with Crippen molar-refractivity contribution in [3.05, 3.63) is 64.7 Å². The number of nitrogens with one attached hydrogen (secondary N) is 1. The lowest BCUT2D eigenvalue weighted by molar-refractivity contribution is 0.0689. The number of carbonyl (C=O) groups is 1. The number of carbonyl (C=O) groups excluding carboxylic acids is 1. The van der Waals surface area contributed by atoms with Crippen LogP contribution in [0.1, 0.15) is 60.4 Å². The van der Waals surface area contributed by atoms with Crippen molar-refractivity contribution in [3.8, 4) is 5.75 Å². The minimum absolute atomic E-state index is 0.0783. The van der Waals surface area contributed by atoms with Crippen molar-refractivity contribution in [2.45, 2.75) is 56.6 Å². The molecule has 2 aromatic rings. The fourth-order valence-corrected chi connectivity index (χ4v) is 4.81. The van der Waals surface area contributed by atoms with Gasteiger partial charge in [-0.05, 0) is 99.5 Å². The zero-order valence-corrected chi connectivity index (χ0v) is 18.4. The van der Waals surface area contributed by atoms with Crippen LogP contribution in [0.15, 0.2) is 48.5 Å². The van der Waals surface area contributed by atoms with Crippen LogP contribution in [0.5, 0.6) is 5.75 Å². The molecule has 1 saturated heterocycles. The van der Waals surface area contributed by atoms with Crippen LogP contribution < -0.4 is 10.1 Å². The summed E-state index contributed by atoms with van der Waals surface area (Å²) in [7, 11) is 1.93. The molecule has 0 aromatic heterocycles. The maximum absolute atomic E-state index is 12.8. The highest BCUT2D eigenvalue weighted by Crippen LogP contribution is 2.35. The fourth-order valence-electron chi connectivity index (χ4n) is 4.68. The third kappa shape index (κ3) is 5.16. The molecule has 0 unspecified atom stereocenters. The normalized spacial score (nSPS) is 22.5. The van der Waals surface area contributed by atoms with Crippen LogP contribution in [-0.4, -0.2) is 43.1 Å². The van der Waals surface area contributed by atoms with E-state index in [4.69, 9.17) is 16.3 Å². The largest absolute Gasteiger partial charge is 0.490 e. The maximum atomic E-state index is 12.8. The molecule has 160 valence electrons. The van der Waals surface area contributed by atoms with E-state index in [1.54, 1.807) is 24.3 Å². The number of amides is 1. The van der Waals surface area contributed by atoms with Gasteiger partial charge < -0.3 is 15.0 Å². The molecule has 1 aliphatic heterocycles. The van der Waals surface area contributed by atoms with Crippen molar-refractivity contribution in [3.63, 3.8) is 0 Å². The van der Waals surface area contributed by atoms with E-state index in [9.17, 15) is 4.79 Å². The first-order valence-corrected chi connectivity index (χ1v) is 11.5. The molecule has 5 heteroatoms. The van der Waals surface area contributed by atoms with Crippen LogP contribution in [0.3, 0.4) is 0 Å². The molecule has 0 atom stereocenters. The molecule has 2 aromatic carbocycles. The topological polar surface area (TPSA) is 41.6 Å². The number of piperidine rings is 1. The molecule has 0 spiro atoms. The van der Waals surface area contributed by atoms with Crippen LogP contribution in [-0.2, 0) is 0 Å². The molecular formula is C25H31ClN2O2. The number of benzene rings is 2. The molecule has 1 aliphatic carbocycles. The molecule has 1 amide bonds. The van der Waals surface area contributed by atoms with Gasteiger partial charge in [0.15, 0.2) is 0 Å². The van der Waals surface area contributed by atoms with E-state index < -0.39 is 0 Å². The highest BCUT2D eigenvalue weighted by molar-refractivity contribution is 6.30. The summed E-state index contributed by atoms with van der Waals surface area (Å²) in [5, 5.41) is 4.03. The molecule has 1 N–H and O–H groups in total. The van der Waals surface area contributed by atoms with Crippen molar-refractivity contribution in [2.24, 2.45) is 0 Å². The molecule has 2 fully saturated rings. The predicted octanol–water partition coefficient (Wildman–Crippen LogP) is 5.27. The second kappa shape index (κ2) is 9.84. The SMILES string of the molecule is CN(C(=O)c1ccc(Cl)cc1)C1CCC(c2ccc(OC3CCNCC3)cc2)CC1. The molecule has 1 heterocycles. The van der Waals surface area contributed by atoms with Gasteiger partial charge in [0.25, 0.3) is 5.91 Å². The molecule has 0 radical (unpaired) electrons. The number of hydrogen-bond acceptors (Lipinski definition) is 3. The zero-order chi connectivity index (χ0) is 20.9. The monoisotopic (exact) mass is 426 g/mol. The van der Waals surface area contributed by atoms with E-state index in [1.165, 1.54) is 5.56 Å². The van der Waals surface area contributed by atoms with E-state index in [1.807, 2.05) is 11.9 Å². The van der Waals surface area contributed by atoms with Crippen molar-refractivity contribution < 1.29 is 9.53 Å². The Balaban J connectivity index is 1.29. The number of nitrogens with zero attached hydrogens (tertiary/aromatic N) is 1. The quantitative estimate of drug-likeness (QED) is 0.708. The number of rotatable bonds is 5. The Morgan fingerprint density at radius 1 is 0.933 bits per heavy atom. The lowest BCUT2D eigenvalue weighted by Crippen LogP contribution is -2.39. The van der Waals surface area contributed by atoms with Gasteiger partial charge >= 0.3 is 0 Å². The lowest BCUT2D eigenvalue weighted by Gasteiger charge is -2.35. The van der Waals surface area contributed by atoms with Crippen molar-refractivity contribution >= 4 is 17.5 Å². The Morgan fingerprint density at radius 3 is 2.20 bits per heavy atom. The molecule has 4 nitrogen and oxygen atoms in total. The minimum atomic E-state index is 0.0783. The summed E-state index contributed by atoms with van der Waals surface area (Å²) in [4.78, 5) is 14.7. The fraction of sp³-hybridized carbons (Fsp3) is 0.480. The van der Waals surface area contributed by atoms with Gasteiger partial charge in [0, 0.05) is 23.7 Å². The first-order chi connectivity index (χ1) is 14.6. The average Bonchev–Trinajstić information content (AvgIpc) is 2.80. The summed E-state index contributed by atoms with van der Waals surface area (Å²) in [6.07, 6.45) is 6.78. The Labute approximate surface area is 184 Å². The van der Waals surface area contributed by atoms with Crippen LogP contribution >= 0.6 is 11.6 Å². The summed E-state index contributed by atoms with van der Waals surface area (Å²) in [6, 6.07) is 16.2. The first-order valence-electron chi connectivity index (χ1n) is 11.1. The maximum Gasteiger partial charge on any atom is 0.253 e. The molecule has 4 rings (SSSR count). The molecule has 1 saturated carbocycles. The highest BCUT2D eigenvalue weighted by atomic mass is 35.5. The molecule has 0 bridgehead atoms. The number of halogens is 1. The summed E-state index contributed by atoms with van der Waals surface area (Å²) < 4.78 is 6.13. The highest BCUT2D eigenvalue weighted by Gasteiger charge is 2.28. The van der Waals surface area contributed by atoms with Crippen molar-refractivity contribution in [1.82, 2.24) is 10.2 Å². The van der Waals surface area contributed by atoms with Crippen LogP contribution in [0.4, 0.5) is 0 Å². The van der Waals surface area contributed by atoms with Gasteiger partial charge in [0.1, 0.15) is 11.9 Å². The molecular weight excluding hydrogens is 396 g/mol. The van der Waals surface area contributed by atoms with Crippen LogP contribution in [0, 0.1) is 0 Å². The van der Waals surface area contributed by atoms with Gasteiger partial charge in [-0.3, -0.25) is 4.79 Å². The van der Waals surface area contributed by atoms with Crippen molar-refractivity contribution in [1.29, 1.82) is 0 Å². The van der Waals surface area contributed by atoms with Crippen LogP contribution in [0.25, 0.3) is 0 Å². The lowest BCUT2D eigenvalue weighted by atomic mass is 9.81. The van der Waals surface area contributed by atoms with Gasteiger partial charge in [-0.15, -0.1) is 0 Å². The summed E-state index contributed by atoms with van der Waals surface area (Å²) in [6.45, 7) is 2.09. The second-order valence-corrected chi connectivity index (χ2v) is 9.00. The van der Waals surface area contributed by atoms with Gasteiger partial charge in [0.05, 0.1) is 0 Å². The molecule has 2 aliphatic rings. The predicted molar refractivity (Wildman–Crippen MR) is 122 cm³/mol. The first kappa shape index (κ1) is 21.2. The van der Waals surface area contributed by atoms with E-state index in [0.29, 0.717) is 28.6 Å². The smallest absolute Gasteiger partial charge is 0.253 e. The standard InChI is InChI=1S/C25H31ClN2O2/c1-28(25(29)20-2-8-21(26)9-3-20)22-10-4-18(5-11-22)19-6-12-23(13-7-19)30-24-14-16-27-17-15-24/h2-3,6-9,12-13,18,22,24,27H,4-5,10-11,14-17H2,1H3. The van der Waals surface area contributed by atoms with Gasteiger partial charge in [0.2, 0.25) is 0 Å². The van der Waals surface area contributed by atoms with E-state index in [0.717, 1.165) is 57.4 Å². The summed E-state index contributed by atoms with van der Waals surface area (Å²) in [5.41, 5.74) is 2.09. The van der Waals surface area contributed by atoms with Gasteiger partial charge in [-0.1, -0.05) is 23.7 Å². The Kier molecular flexibility index (Phi) is 6.96. The third-order valence-corrected chi connectivity index (χ3v) is 6.85. The van der Waals surface area contributed by atoms with Gasteiger partial charge in [-0.25, -0.2) is 0 Å². The van der Waals surface area contributed by atoms with E-state index in [2.05, 4.69) is 29.6 Å². The van der Waals surface area contributed by atoms with E-state index in [-0.39, 0.29) is 5.91 Å². The average molecular weight is 427 g/mol. The second-order valence-electron chi connectivity index (χ2n) is 8.56. The third-order valence-electron chi connectivity index (χ3n) is 6.60. The zero-order valence-electron chi connectivity index (χ0n) is 17.6. The van der Waals surface area contributed by atoms with Crippen molar-refractivity contribution in [2.75, 3.05) is 20.1 Å². The molecule has 30 heavy (non-hydrogen) atoms. The van der Waals surface area contributed by atoms with Gasteiger partial charge in [-0.2, -0.15) is 0 Å². The number of hydrogen-bond donors (Lipinski definition) is 1. The summed E-state index contributed by atoms with van der Waals surface area (Å²) >= 11 is 5.94. The Bertz CT molecular complexity index is 823. The van der Waals surface area contributed by atoms with E-state index >= 15 is 0 Å². The minimum Gasteiger partial charge on any atom is -0.490 e. The Hall–Kier alpha value is -2.04. The summed E-state index contributed by atoms with van der Waals surface area (Å²) in [5.74, 6) is 1.62. The van der Waals surface area contributed by atoms with Crippen LogP contribution in [0.2, 0.25) is 5.02 Å².